The van der Waals surface area contributed by atoms with E-state index in [9.17, 15) is 4.79 Å². The third-order valence-corrected chi connectivity index (χ3v) is 4.46. The van der Waals surface area contributed by atoms with Gasteiger partial charge >= 0.3 is 0 Å². The molecule has 1 fully saturated rings. The Labute approximate surface area is 148 Å². The Hall–Kier alpha value is -2.37. The summed E-state index contributed by atoms with van der Waals surface area (Å²) in [5, 5.41) is 2.93. The first-order valence-corrected chi connectivity index (χ1v) is 8.56. The van der Waals surface area contributed by atoms with Crippen LogP contribution in [0, 0.1) is 0 Å². The minimum absolute atomic E-state index is 0.111. The fraction of sp³-hybridized carbons (Fsp3) is 0.350. The van der Waals surface area contributed by atoms with Crippen molar-refractivity contribution in [3.63, 3.8) is 0 Å². The molecule has 0 atom stereocenters. The van der Waals surface area contributed by atoms with Gasteiger partial charge < -0.3 is 20.5 Å². The molecule has 0 aromatic heterocycles. The van der Waals surface area contributed by atoms with Crippen LogP contribution in [0.15, 0.2) is 54.6 Å². The zero-order chi connectivity index (χ0) is 17.5. The van der Waals surface area contributed by atoms with Gasteiger partial charge in [0.15, 0.2) is 0 Å². The molecule has 25 heavy (non-hydrogen) atoms. The lowest BCUT2D eigenvalue weighted by atomic mass is 9.90. The fourth-order valence-corrected chi connectivity index (χ4v) is 2.77. The zero-order valence-corrected chi connectivity index (χ0v) is 14.2. The van der Waals surface area contributed by atoms with Crippen molar-refractivity contribution < 1.29 is 14.3 Å². The van der Waals surface area contributed by atoms with Crippen LogP contribution in [0.1, 0.15) is 24.0 Å². The molecule has 0 radical (unpaired) electrons. The smallest absolute Gasteiger partial charge is 0.240 e. The minimum Gasteiger partial charge on any atom is -0.489 e. The molecular formula is C20H24N2O3. The Bertz CT molecular complexity index is 680. The van der Waals surface area contributed by atoms with Gasteiger partial charge in [0.25, 0.3) is 0 Å². The van der Waals surface area contributed by atoms with Gasteiger partial charge in [-0.1, -0.05) is 42.5 Å². The van der Waals surface area contributed by atoms with Crippen LogP contribution in [-0.4, -0.2) is 24.7 Å². The van der Waals surface area contributed by atoms with Crippen molar-refractivity contribution in [3.05, 3.63) is 65.7 Å². The summed E-state index contributed by atoms with van der Waals surface area (Å²) in [4.78, 5) is 12.3. The molecule has 5 nitrogen and oxygen atoms in total. The van der Waals surface area contributed by atoms with Gasteiger partial charge in [0.05, 0.1) is 5.54 Å². The van der Waals surface area contributed by atoms with Crippen LogP contribution in [0.4, 0.5) is 0 Å². The maximum atomic E-state index is 12.3. The summed E-state index contributed by atoms with van der Waals surface area (Å²) in [6.45, 7) is 2.07. The van der Waals surface area contributed by atoms with Crippen LogP contribution in [-0.2, 0) is 22.7 Å². The van der Waals surface area contributed by atoms with Crippen LogP contribution in [0.2, 0.25) is 0 Å². The average Bonchev–Trinajstić information content (AvgIpc) is 2.66. The summed E-state index contributed by atoms with van der Waals surface area (Å²) < 4.78 is 11.0. The second kappa shape index (κ2) is 8.14. The molecule has 3 rings (SSSR count). The highest BCUT2D eigenvalue weighted by Crippen LogP contribution is 2.18. The van der Waals surface area contributed by atoms with Gasteiger partial charge in [0.1, 0.15) is 12.4 Å². The van der Waals surface area contributed by atoms with E-state index in [2.05, 4.69) is 5.32 Å². The van der Waals surface area contributed by atoms with Gasteiger partial charge in [-0.15, -0.1) is 0 Å². The van der Waals surface area contributed by atoms with Gasteiger partial charge in [-0.3, -0.25) is 4.79 Å². The van der Waals surface area contributed by atoms with Crippen LogP contribution < -0.4 is 15.8 Å². The second-order valence-electron chi connectivity index (χ2n) is 6.37. The van der Waals surface area contributed by atoms with Crippen LogP contribution in [0.3, 0.4) is 0 Å². The van der Waals surface area contributed by atoms with E-state index in [0.29, 0.717) is 39.2 Å². The molecule has 3 N–H and O–H groups in total. The molecule has 0 unspecified atom stereocenters. The lowest BCUT2D eigenvalue weighted by molar-refractivity contribution is -0.129. The topological polar surface area (TPSA) is 73.6 Å². The first kappa shape index (κ1) is 17.5. The van der Waals surface area contributed by atoms with E-state index in [-0.39, 0.29) is 5.91 Å². The number of benzene rings is 2. The molecule has 0 saturated carbocycles. The monoisotopic (exact) mass is 340 g/mol. The number of nitrogens with one attached hydrogen (secondary N) is 1. The summed E-state index contributed by atoms with van der Waals surface area (Å²) in [5.41, 5.74) is 7.50. The molecule has 2 aromatic carbocycles. The molecule has 0 aliphatic carbocycles. The maximum absolute atomic E-state index is 12.3. The van der Waals surface area contributed by atoms with Crippen molar-refractivity contribution in [1.29, 1.82) is 0 Å². The molecule has 5 heteroatoms. The summed E-state index contributed by atoms with van der Waals surface area (Å²) in [6, 6.07) is 17.8. The van der Waals surface area contributed by atoms with E-state index in [1.54, 1.807) is 0 Å². The molecule has 0 spiro atoms. The Morgan fingerprint density at radius 2 is 1.72 bits per heavy atom. The number of nitrogens with two attached hydrogens (primary N) is 1. The SMILES string of the molecule is NC1(C(=O)NCc2ccc(OCc3ccccc3)cc2)CCOCC1. The molecule has 2 aromatic rings. The first-order chi connectivity index (χ1) is 12.2. The maximum Gasteiger partial charge on any atom is 0.240 e. The molecule has 1 amide bonds. The number of rotatable bonds is 6. The van der Waals surface area contributed by atoms with Crippen LogP contribution in [0.25, 0.3) is 0 Å². The average molecular weight is 340 g/mol. The minimum atomic E-state index is -0.809. The zero-order valence-electron chi connectivity index (χ0n) is 14.2. The van der Waals surface area contributed by atoms with Crippen molar-refractivity contribution in [3.8, 4) is 5.75 Å². The summed E-state index contributed by atoms with van der Waals surface area (Å²) in [6.07, 6.45) is 1.12. The van der Waals surface area contributed by atoms with Crippen LogP contribution >= 0.6 is 0 Å². The van der Waals surface area contributed by atoms with E-state index >= 15 is 0 Å². The van der Waals surface area contributed by atoms with Crippen molar-refractivity contribution in [2.24, 2.45) is 5.73 Å². The van der Waals surface area contributed by atoms with Crippen molar-refractivity contribution in [1.82, 2.24) is 5.32 Å². The quantitative estimate of drug-likeness (QED) is 0.847. The van der Waals surface area contributed by atoms with Crippen molar-refractivity contribution >= 4 is 5.91 Å². The number of carbonyl (C=O) groups excluding carboxylic acids is 1. The molecule has 132 valence electrons. The van der Waals surface area contributed by atoms with E-state index in [4.69, 9.17) is 15.2 Å². The molecule has 1 aliphatic rings. The lowest BCUT2D eigenvalue weighted by Crippen LogP contribution is -2.56. The summed E-state index contributed by atoms with van der Waals surface area (Å²) in [5.74, 6) is 0.693. The normalized spacial score (nSPS) is 16.2. The van der Waals surface area contributed by atoms with Crippen LogP contribution in [0.5, 0.6) is 5.75 Å². The third-order valence-electron chi connectivity index (χ3n) is 4.46. The molecule has 1 aliphatic heterocycles. The number of amides is 1. The highest BCUT2D eigenvalue weighted by Gasteiger charge is 2.35. The molecule has 1 saturated heterocycles. The Morgan fingerprint density at radius 3 is 2.40 bits per heavy atom. The number of carbonyl (C=O) groups is 1. The van der Waals surface area contributed by atoms with Gasteiger partial charge in [-0.2, -0.15) is 0 Å². The van der Waals surface area contributed by atoms with Gasteiger partial charge in [-0.05, 0) is 36.1 Å². The van der Waals surface area contributed by atoms with Gasteiger partial charge in [0.2, 0.25) is 5.91 Å². The highest BCUT2D eigenvalue weighted by atomic mass is 16.5. The Balaban J connectivity index is 1.48. The van der Waals surface area contributed by atoms with E-state index in [1.807, 2.05) is 54.6 Å². The Kier molecular flexibility index (Phi) is 5.68. The number of ether oxygens (including phenoxy) is 2. The second-order valence-corrected chi connectivity index (χ2v) is 6.37. The van der Waals surface area contributed by atoms with E-state index in [0.717, 1.165) is 16.9 Å². The molecule has 0 bridgehead atoms. The fourth-order valence-electron chi connectivity index (χ4n) is 2.77. The van der Waals surface area contributed by atoms with E-state index < -0.39 is 5.54 Å². The highest BCUT2D eigenvalue weighted by molar-refractivity contribution is 5.86. The third kappa shape index (κ3) is 4.81. The van der Waals surface area contributed by atoms with E-state index in [1.165, 1.54) is 0 Å². The summed E-state index contributed by atoms with van der Waals surface area (Å²) >= 11 is 0. The van der Waals surface area contributed by atoms with Gasteiger partial charge in [0, 0.05) is 19.8 Å². The standard InChI is InChI=1S/C20H24N2O3/c21-20(10-12-24-13-11-20)19(23)22-14-16-6-8-18(9-7-16)25-15-17-4-2-1-3-5-17/h1-9H,10-15,21H2,(H,22,23). The summed E-state index contributed by atoms with van der Waals surface area (Å²) in [7, 11) is 0. The largest absolute Gasteiger partial charge is 0.489 e. The predicted molar refractivity (Wildman–Crippen MR) is 96.0 cm³/mol. The number of hydrogen-bond donors (Lipinski definition) is 2. The van der Waals surface area contributed by atoms with Crippen molar-refractivity contribution in [2.75, 3.05) is 13.2 Å². The van der Waals surface area contributed by atoms with Crippen molar-refractivity contribution in [2.45, 2.75) is 31.5 Å². The first-order valence-electron chi connectivity index (χ1n) is 8.56. The predicted octanol–water partition coefficient (Wildman–Crippen LogP) is 2.39. The molecule has 1 heterocycles. The van der Waals surface area contributed by atoms with Gasteiger partial charge in [-0.25, -0.2) is 0 Å². The molecular weight excluding hydrogens is 316 g/mol. The Morgan fingerprint density at radius 1 is 1.04 bits per heavy atom. The number of hydrogen-bond acceptors (Lipinski definition) is 4. The lowest BCUT2D eigenvalue weighted by Gasteiger charge is -2.31.